The number of hydrogen-bond acceptors (Lipinski definition) is 6. The van der Waals surface area contributed by atoms with Crippen molar-refractivity contribution in [3.8, 4) is 11.1 Å². The summed E-state index contributed by atoms with van der Waals surface area (Å²) in [6.07, 6.45) is 3.50. The highest BCUT2D eigenvalue weighted by Crippen LogP contribution is 2.39. The molecule has 0 bridgehead atoms. The van der Waals surface area contributed by atoms with Gasteiger partial charge in [-0.05, 0) is 89.2 Å². The number of carbonyl (C=O) groups excluding carboxylic acids is 1. The molecule has 3 N–H and O–H groups in total. The van der Waals surface area contributed by atoms with Crippen LogP contribution in [0.3, 0.4) is 0 Å². The number of unbranched alkanes of at least 4 members (excludes halogenated alkanes) is 3. The first-order chi connectivity index (χ1) is 26.2. The van der Waals surface area contributed by atoms with E-state index in [9.17, 15) is 14.7 Å². The van der Waals surface area contributed by atoms with Crippen LogP contribution in [0, 0.1) is 0 Å². The molecule has 8 heteroatoms. The number of carboxylic acid groups (broad SMARTS) is 1. The topological polar surface area (TPSA) is 108 Å². The molecule has 1 fully saturated rings. The average Bonchev–Trinajstić information content (AvgIpc) is 3.20. The number of rotatable bonds is 17. The van der Waals surface area contributed by atoms with Gasteiger partial charge in [-0.2, -0.15) is 0 Å². The fraction of sp³-hybridized carbons (Fsp3) is 0.348. The minimum atomic E-state index is -0.775. The van der Waals surface area contributed by atoms with Crippen LogP contribution in [0.2, 0.25) is 0 Å². The third-order valence-corrected chi connectivity index (χ3v) is 10.5. The number of carbonyl (C=O) groups is 2. The molecule has 282 valence electrons. The van der Waals surface area contributed by atoms with Gasteiger partial charge in [-0.15, -0.1) is 0 Å². The lowest BCUT2D eigenvalue weighted by Crippen LogP contribution is -2.38. The summed E-state index contributed by atoms with van der Waals surface area (Å²) in [5, 5.41) is 23.9. The zero-order valence-electron chi connectivity index (χ0n) is 31.3. The molecule has 0 aliphatic carbocycles. The maximum Gasteiger partial charge on any atom is 0.303 e. The second kappa shape index (κ2) is 18.9. The summed E-state index contributed by atoms with van der Waals surface area (Å²) in [7, 11) is 2.15. The second-order valence-electron chi connectivity index (χ2n) is 14.5. The first kappa shape index (κ1) is 38.9. The summed E-state index contributed by atoms with van der Waals surface area (Å²) in [5.41, 5.74) is 7.18. The van der Waals surface area contributed by atoms with Gasteiger partial charge in [-0.3, -0.25) is 14.5 Å². The molecule has 0 unspecified atom stereocenters. The molecule has 0 aromatic heterocycles. The fourth-order valence-electron chi connectivity index (χ4n) is 7.16. The zero-order chi connectivity index (χ0) is 37.9. The first-order valence-corrected chi connectivity index (χ1v) is 19.1. The van der Waals surface area contributed by atoms with E-state index in [1.54, 1.807) is 0 Å². The highest BCUT2D eigenvalue weighted by molar-refractivity contribution is 5.83. The van der Waals surface area contributed by atoms with Crippen LogP contribution in [0.5, 0.6) is 0 Å². The van der Waals surface area contributed by atoms with Crippen LogP contribution in [-0.4, -0.2) is 46.7 Å². The van der Waals surface area contributed by atoms with E-state index in [1.807, 2.05) is 42.5 Å². The molecular formula is C46H52N2O6. The number of carboxylic acids is 1. The molecule has 1 saturated heterocycles. The number of likely N-dealkylation sites (N-methyl/N-ethyl adjacent to an activating group) is 1. The number of amides is 1. The van der Waals surface area contributed by atoms with E-state index in [4.69, 9.17) is 14.6 Å². The molecule has 0 spiro atoms. The summed E-state index contributed by atoms with van der Waals surface area (Å²) in [6, 6.07) is 39.8. The first-order valence-electron chi connectivity index (χ1n) is 19.1. The third-order valence-electron chi connectivity index (χ3n) is 10.5. The zero-order valence-corrected chi connectivity index (χ0v) is 31.3. The van der Waals surface area contributed by atoms with Gasteiger partial charge in [0.05, 0.1) is 18.8 Å². The van der Waals surface area contributed by atoms with E-state index in [0.717, 1.165) is 59.2 Å². The predicted molar refractivity (Wildman–Crippen MR) is 212 cm³/mol. The van der Waals surface area contributed by atoms with Crippen LogP contribution in [0.15, 0.2) is 115 Å². The molecular weight excluding hydrogens is 677 g/mol. The Morgan fingerprint density at radius 1 is 0.759 bits per heavy atom. The van der Waals surface area contributed by atoms with Gasteiger partial charge >= 0.3 is 5.97 Å². The van der Waals surface area contributed by atoms with Crippen LogP contribution in [0.25, 0.3) is 21.9 Å². The van der Waals surface area contributed by atoms with E-state index in [1.165, 1.54) is 16.3 Å². The number of fused-ring (bicyclic) bond motifs is 1. The Bertz CT molecular complexity index is 2000. The molecule has 5 aromatic rings. The second-order valence-corrected chi connectivity index (χ2v) is 14.5. The SMILES string of the molecule is C[C@H](c1ccc2ccccc2c1)N(C)C[C@H]1C[C@@H](c2ccc(CO)cc2)O[C@@H](c2cccc(-c3cccc(CNC(=O)CCCCCCC(=O)O)c3)c2)O1. The number of nitrogens with one attached hydrogen (secondary N) is 1. The molecule has 0 radical (unpaired) electrons. The molecule has 1 heterocycles. The van der Waals surface area contributed by atoms with Crippen LogP contribution in [0.1, 0.15) is 98.1 Å². The number of benzene rings is 5. The Hall–Kier alpha value is -4.86. The number of aliphatic hydroxyl groups is 1. The number of aliphatic carboxylic acids is 1. The van der Waals surface area contributed by atoms with Crippen LogP contribution >= 0.6 is 0 Å². The number of hydrogen-bond donors (Lipinski definition) is 3. The fourth-order valence-corrected chi connectivity index (χ4v) is 7.16. The van der Waals surface area contributed by atoms with Crippen molar-refractivity contribution >= 4 is 22.6 Å². The van der Waals surface area contributed by atoms with Gasteiger partial charge in [0.1, 0.15) is 0 Å². The van der Waals surface area contributed by atoms with Crippen molar-refractivity contribution < 1.29 is 29.3 Å². The molecule has 8 nitrogen and oxygen atoms in total. The monoisotopic (exact) mass is 728 g/mol. The van der Waals surface area contributed by atoms with E-state index in [2.05, 4.69) is 97.0 Å². The van der Waals surface area contributed by atoms with Gasteiger partial charge in [0, 0.05) is 44.0 Å². The van der Waals surface area contributed by atoms with Gasteiger partial charge in [-0.1, -0.05) is 110 Å². The maximum absolute atomic E-state index is 12.5. The molecule has 1 amide bonds. The van der Waals surface area contributed by atoms with Crippen molar-refractivity contribution in [3.63, 3.8) is 0 Å². The molecule has 1 aliphatic heterocycles. The van der Waals surface area contributed by atoms with E-state index >= 15 is 0 Å². The Kier molecular flexibility index (Phi) is 13.6. The maximum atomic E-state index is 12.5. The lowest BCUT2D eigenvalue weighted by atomic mass is 9.97. The Balaban J connectivity index is 1.13. The third kappa shape index (κ3) is 10.6. The molecule has 6 rings (SSSR count). The Morgan fingerprint density at radius 3 is 2.24 bits per heavy atom. The molecule has 0 saturated carbocycles. The lowest BCUT2D eigenvalue weighted by Gasteiger charge is -2.39. The van der Waals surface area contributed by atoms with Crippen molar-refractivity contribution in [1.29, 1.82) is 0 Å². The standard InChI is InChI=1S/C46H52N2O6/c1-32(37-24-23-35-12-7-8-13-39(35)26-37)48(2)30-42-28-43(36-21-19-33(31-49)20-22-36)54-46(53-42)41-16-10-15-40(27-41)38-14-9-11-34(25-38)29-47-44(50)17-5-3-4-6-18-45(51)52/h7-16,19-27,32,42-43,46,49H,3-6,17-18,28-31H2,1-2H3,(H,47,50)(H,51,52)/t32-,42-,43+,46+/m1/s1. The van der Waals surface area contributed by atoms with E-state index in [0.29, 0.717) is 25.8 Å². The lowest BCUT2D eigenvalue weighted by molar-refractivity contribution is -0.253. The Morgan fingerprint density at radius 2 is 1.48 bits per heavy atom. The molecule has 54 heavy (non-hydrogen) atoms. The number of aliphatic hydroxyl groups excluding tert-OH is 1. The summed E-state index contributed by atoms with van der Waals surface area (Å²) in [6.45, 7) is 3.39. The van der Waals surface area contributed by atoms with Crippen molar-refractivity contribution in [3.05, 3.63) is 143 Å². The van der Waals surface area contributed by atoms with Gasteiger partial charge in [0.15, 0.2) is 6.29 Å². The quantitative estimate of drug-likeness (QED) is 0.0820. The minimum Gasteiger partial charge on any atom is -0.481 e. The van der Waals surface area contributed by atoms with E-state index in [-0.39, 0.29) is 37.2 Å². The van der Waals surface area contributed by atoms with E-state index < -0.39 is 12.3 Å². The van der Waals surface area contributed by atoms with Crippen molar-refractivity contribution in [2.45, 2.75) is 89.6 Å². The van der Waals surface area contributed by atoms with Crippen LogP contribution in [0.4, 0.5) is 0 Å². The summed E-state index contributed by atoms with van der Waals surface area (Å²) in [4.78, 5) is 25.5. The van der Waals surface area contributed by atoms with Crippen molar-refractivity contribution in [1.82, 2.24) is 10.2 Å². The molecule has 5 aromatic carbocycles. The largest absolute Gasteiger partial charge is 0.481 e. The highest BCUT2D eigenvalue weighted by atomic mass is 16.7. The van der Waals surface area contributed by atoms with Gasteiger partial charge in [0.2, 0.25) is 5.91 Å². The smallest absolute Gasteiger partial charge is 0.303 e. The highest BCUT2D eigenvalue weighted by Gasteiger charge is 2.33. The Labute approximate surface area is 318 Å². The number of nitrogens with zero attached hydrogens (tertiary/aromatic N) is 1. The minimum absolute atomic E-state index is 0.000331. The van der Waals surface area contributed by atoms with Crippen molar-refractivity contribution in [2.75, 3.05) is 13.6 Å². The van der Waals surface area contributed by atoms with Crippen LogP contribution in [-0.2, 0) is 32.2 Å². The summed E-state index contributed by atoms with van der Waals surface area (Å²) >= 11 is 0. The predicted octanol–water partition coefficient (Wildman–Crippen LogP) is 9.28. The average molecular weight is 729 g/mol. The molecule has 1 aliphatic rings. The number of ether oxygens (including phenoxy) is 2. The summed E-state index contributed by atoms with van der Waals surface area (Å²) in [5.74, 6) is -0.775. The van der Waals surface area contributed by atoms with Gasteiger partial charge in [0.25, 0.3) is 0 Å². The van der Waals surface area contributed by atoms with Gasteiger partial charge < -0.3 is 25.0 Å². The van der Waals surface area contributed by atoms with Gasteiger partial charge in [-0.25, -0.2) is 0 Å². The van der Waals surface area contributed by atoms with Crippen molar-refractivity contribution in [2.24, 2.45) is 0 Å². The van der Waals surface area contributed by atoms with Crippen LogP contribution < -0.4 is 5.32 Å². The summed E-state index contributed by atoms with van der Waals surface area (Å²) < 4.78 is 13.5. The molecule has 4 atom stereocenters. The normalized spacial score (nSPS) is 17.7.